The molecule has 2 aromatic rings. The Bertz CT molecular complexity index is 517. The third-order valence-corrected chi connectivity index (χ3v) is 3.71. The van der Waals surface area contributed by atoms with Crippen molar-refractivity contribution >= 4 is 17.3 Å². The molecule has 0 aliphatic rings. The van der Waals surface area contributed by atoms with Crippen LogP contribution in [0.4, 0.5) is 0 Å². The number of carboxylic acid groups (broad SMARTS) is 1. The lowest BCUT2D eigenvalue weighted by Crippen LogP contribution is -2.19. The topological polar surface area (TPSA) is 37.3 Å². The van der Waals surface area contributed by atoms with Gasteiger partial charge in [-0.2, -0.15) is 11.3 Å². The summed E-state index contributed by atoms with van der Waals surface area (Å²) in [5.41, 5.74) is 3.38. The van der Waals surface area contributed by atoms with Crippen molar-refractivity contribution in [2.45, 2.75) is 19.8 Å². The maximum Gasteiger partial charge on any atom is 0.307 e. The molecule has 1 N–H and O–H groups in total. The normalized spacial score (nSPS) is 12.3. The Balaban J connectivity index is 2.09. The van der Waals surface area contributed by atoms with Crippen LogP contribution in [0.2, 0.25) is 0 Å². The van der Waals surface area contributed by atoms with Crippen molar-refractivity contribution in [1.82, 2.24) is 0 Å². The molecule has 0 amide bonds. The van der Waals surface area contributed by atoms with Crippen LogP contribution in [0.15, 0.2) is 41.1 Å². The molecule has 1 unspecified atom stereocenters. The lowest BCUT2D eigenvalue weighted by Gasteiger charge is -2.12. The fraction of sp³-hybridized carbons (Fsp3) is 0.267. The van der Waals surface area contributed by atoms with E-state index in [1.165, 1.54) is 5.56 Å². The van der Waals surface area contributed by atoms with Crippen LogP contribution in [-0.4, -0.2) is 11.1 Å². The summed E-state index contributed by atoms with van der Waals surface area (Å²) in [4.78, 5) is 11.3. The van der Waals surface area contributed by atoms with Gasteiger partial charge in [-0.25, -0.2) is 0 Å². The molecule has 2 nitrogen and oxygen atoms in total. The van der Waals surface area contributed by atoms with Gasteiger partial charge in [0, 0.05) is 0 Å². The maximum atomic E-state index is 11.3. The minimum absolute atomic E-state index is 0.346. The van der Waals surface area contributed by atoms with Crippen LogP contribution in [0.25, 0.3) is 0 Å². The van der Waals surface area contributed by atoms with Gasteiger partial charge < -0.3 is 5.11 Å². The molecule has 3 heteroatoms. The van der Waals surface area contributed by atoms with Crippen LogP contribution in [0.5, 0.6) is 0 Å². The average Bonchev–Trinajstić information content (AvgIpc) is 2.81. The van der Waals surface area contributed by atoms with Gasteiger partial charge in [0.1, 0.15) is 0 Å². The highest BCUT2D eigenvalue weighted by Crippen LogP contribution is 2.17. The van der Waals surface area contributed by atoms with Gasteiger partial charge in [-0.3, -0.25) is 4.79 Å². The van der Waals surface area contributed by atoms with E-state index in [-0.39, 0.29) is 5.92 Å². The van der Waals surface area contributed by atoms with Gasteiger partial charge in [0.05, 0.1) is 5.92 Å². The van der Waals surface area contributed by atoms with Crippen LogP contribution in [0, 0.1) is 12.8 Å². The quantitative estimate of drug-likeness (QED) is 0.892. The van der Waals surface area contributed by atoms with E-state index in [0.29, 0.717) is 12.8 Å². The van der Waals surface area contributed by atoms with Gasteiger partial charge in [-0.15, -0.1) is 0 Å². The molecule has 0 bridgehead atoms. The number of aliphatic carboxylic acids is 1. The second-order valence-electron chi connectivity index (χ2n) is 4.56. The summed E-state index contributed by atoms with van der Waals surface area (Å²) < 4.78 is 0. The molecule has 1 aromatic heterocycles. The van der Waals surface area contributed by atoms with Gasteiger partial charge in [-0.1, -0.05) is 29.8 Å². The third-order valence-electron chi connectivity index (χ3n) is 2.98. The Morgan fingerprint density at radius 3 is 2.67 bits per heavy atom. The Morgan fingerprint density at radius 1 is 1.28 bits per heavy atom. The predicted molar refractivity (Wildman–Crippen MR) is 74.0 cm³/mol. The Hall–Kier alpha value is -1.61. The average molecular weight is 260 g/mol. The van der Waals surface area contributed by atoms with Crippen molar-refractivity contribution in [3.05, 3.63) is 57.8 Å². The number of hydrogen-bond acceptors (Lipinski definition) is 2. The van der Waals surface area contributed by atoms with E-state index in [1.54, 1.807) is 11.3 Å². The van der Waals surface area contributed by atoms with Crippen LogP contribution in [0.1, 0.15) is 16.7 Å². The summed E-state index contributed by atoms with van der Waals surface area (Å²) in [6, 6.07) is 10.1. The second kappa shape index (κ2) is 5.83. The molecule has 94 valence electrons. The lowest BCUT2D eigenvalue weighted by atomic mass is 9.93. The molecular formula is C15H16O2S. The molecule has 1 heterocycles. The number of aryl methyl sites for hydroxylation is 1. The molecular weight excluding hydrogens is 244 g/mol. The van der Waals surface area contributed by atoms with E-state index >= 15 is 0 Å². The summed E-state index contributed by atoms with van der Waals surface area (Å²) in [7, 11) is 0. The molecule has 0 saturated carbocycles. The Labute approximate surface area is 111 Å². The molecule has 0 aliphatic heterocycles. The van der Waals surface area contributed by atoms with Gasteiger partial charge in [0.2, 0.25) is 0 Å². The van der Waals surface area contributed by atoms with Crippen LogP contribution in [0.3, 0.4) is 0 Å². The highest BCUT2D eigenvalue weighted by Gasteiger charge is 2.18. The zero-order valence-electron chi connectivity index (χ0n) is 10.3. The smallest absolute Gasteiger partial charge is 0.307 e. The molecule has 1 aromatic carbocycles. The molecule has 0 fully saturated rings. The van der Waals surface area contributed by atoms with Crippen LogP contribution in [-0.2, 0) is 17.6 Å². The van der Waals surface area contributed by atoms with Crippen molar-refractivity contribution in [2.75, 3.05) is 0 Å². The minimum Gasteiger partial charge on any atom is -0.481 e. The summed E-state index contributed by atoms with van der Waals surface area (Å²) in [5, 5.41) is 13.3. The van der Waals surface area contributed by atoms with Crippen molar-refractivity contribution in [3.63, 3.8) is 0 Å². The molecule has 0 spiro atoms. The third kappa shape index (κ3) is 3.44. The number of rotatable bonds is 5. The van der Waals surface area contributed by atoms with E-state index in [0.717, 1.165) is 11.1 Å². The van der Waals surface area contributed by atoms with Crippen molar-refractivity contribution in [1.29, 1.82) is 0 Å². The zero-order valence-corrected chi connectivity index (χ0v) is 11.1. The van der Waals surface area contributed by atoms with Crippen LogP contribution >= 0.6 is 11.3 Å². The van der Waals surface area contributed by atoms with Crippen LogP contribution < -0.4 is 0 Å². The van der Waals surface area contributed by atoms with Gasteiger partial charge in [0.15, 0.2) is 0 Å². The number of hydrogen-bond donors (Lipinski definition) is 1. The highest BCUT2D eigenvalue weighted by molar-refractivity contribution is 7.07. The first kappa shape index (κ1) is 12.8. The molecule has 2 rings (SSSR count). The number of carbonyl (C=O) groups is 1. The zero-order chi connectivity index (χ0) is 13.0. The fourth-order valence-corrected chi connectivity index (χ4v) is 2.75. The van der Waals surface area contributed by atoms with Crippen molar-refractivity contribution < 1.29 is 9.90 Å². The summed E-state index contributed by atoms with van der Waals surface area (Å²) in [5.74, 6) is -1.07. The standard InChI is InChI=1S/C15H16O2S/c1-11-3-2-4-12(7-11)8-14(15(16)17)9-13-5-6-18-10-13/h2-7,10,14H,8-9H2,1H3,(H,16,17). The Morgan fingerprint density at radius 2 is 2.06 bits per heavy atom. The van der Waals surface area contributed by atoms with E-state index in [9.17, 15) is 9.90 Å². The van der Waals surface area contributed by atoms with Gasteiger partial charge in [-0.05, 0) is 47.7 Å². The van der Waals surface area contributed by atoms with Crippen molar-refractivity contribution in [3.8, 4) is 0 Å². The molecule has 18 heavy (non-hydrogen) atoms. The summed E-state index contributed by atoms with van der Waals surface area (Å²) in [6.07, 6.45) is 1.19. The second-order valence-corrected chi connectivity index (χ2v) is 5.34. The molecule has 0 aliphatic carbocycles. The molecule has 0 saturated heterocycles. The largest absolute Gasteiger partial charge is 0.481 e. The number of thiophene rings is 1. The predicted octanol–water partition coefficient (Wildman–Crippen LogP) is 3.54. The number of carboxylic acids is 1. The van der Waals surface area contributed by atoms with Crippen molar-refractivity contribution in [2.24, 2.45) is 5.92 Å². The SMILES string of the molecule is Cc1cccc(CC(Cc2ccsc2)C(=O)O)c1. The molecule has 0 radical (unpaired) electrons. The van der Waals surface area contributed by atoms with Gasteiger partial charge >= 0.3 is 5.97 Å². The first-order valence-corrected chi connectivity index (χ1v) is 6.89. The number of benzene rings is 1. The van der Waals surface area contributed by atoms with E-state index < -0.39 is 5.97 Å². The maximum absolute atomic E-state index is 11.3. The Kier molecular flexibility index (Phi) is 4.15. The summed E-state index contributed by atoms with van der Waals surface area (Å²) >= 11 is 1.61. The minimum atomic E-state index is -0.720. The monoisotopic (exact) mass is 260 g/mol. The van der Waals surface area contributed by atoms with E-state index in [4.69, 9.17) is 0 Å². The highest BCUT2D eigenvalue weighted by atomic mass is 32.1. The summed E-state index contributed by atoms with van der Waals surface area (Å²) in [6.45, 7) is 2.03. The fourth-order valence-electron chi connectivity index (χ4n) is 2.06. The first-order chi connectivity index (χ1) is 8.65. The lowest BCUT2D eigenvalue weighted by molar-refractivity contribution is -0.141. The molecule has 1 atom stereocenters. The first-order valence-electron chi connectivity index (χ1n) is 5.94. The van der Waals surface area contributed by atoms with Gasteiger partial charge in [0.25, 0.3) is 0 Å². The van der Waals surface area contributed by atoms with E-state index in [1.807, 2.05) is 41.9 Å². The van der Waals surface area contributed by atoms with E-state index in [2.05, 4.69) is 6.07 Å².